The lowest BCUT2D eigenvalue weighted by molar-refractivity contribution is 0.298. The molecule has 8 heteroatoms. The number of halogens is 2. The van der Waals surface area contributed by atoms with Gasteiger partial charge in [0.05, 0.1) is 4.47 Å². The quantitative estimate of drug-likeness (QED) is 0.668. The first-order chi connectivity index (χ1) is 8.20. The van der Waals surface area contributed by atoms with E-state index in [-0.39, 0.29) is 12.4 Å². The fraction of sp³-hybridized carbons (Fsp3) is 0.111. The molecule has 1 aromatic heterocycles. The second kappa shape index (κ2) is 5.39. The van der Waals surface area contributed by atoms with E-state index < -0.39 is 0 Å². The zero-order valence-corrected chi connectivity index (χ0v) is 10.9. The highest BCUT2D eigenvalue weighted by atomic mass is 79.9. The van der Waals surface area contributed by atoms with Gasteiger partial charge in [0.15, 0.2) is 5.00 Å². The molecule has 1 heterocycles. The highest BCUT2D eigenvalue weighted by molar-refractivity contribution is 9.10. The first-order valence-electron chi connectivity index (χ1n) is 4.56. The van der Waals surface area contributed by atoms with E-state index in [1.54, 1.807) is 6.07 Å². The lowest BCUT2D eigenvalue weighted by Gasteiger charge is -2.07. The fourth-order valence-electron chi connectivity index (χ4n) is 1.15. The molecule has 0 saturated heterocycles. The summed E-state index contributed by atoms with van der Waals surface area (Å²) in [6, 6.07) is 4.21. The first-order valence-corrected chi connectivity index (χ1v) is 6.13. The van der Waals surface area contributed by atoms with Crippen LogP contribution in [0.5, 0.6) is 5.75 Å². The number of ether oxygens (including phenoxy) is 1. The summed E-state index contributed by atoms with van der Waals surface area (Å²) in [6.45, 7) is 0.165. The molecule has 2 rings (SSSR count). The largest absolute Gasteiger partial charge is 0.486 e. The molecule has 1 aromatic carbocycles. The van der Waals surface area contributed by atoms with Crippen molar-refractivity contribution in [2.75, 3.05) is 5.43 Å². The maximum Gasteiger partial charge on any atom is 0.150 e. The Morgan fingerprint density at radius 3 is 3.12 bits per heavy atom. The van der Waals surface area contributed by atoms with Crippen LogP contribution in [-0.4, -0.2) is 9.59 Å². The number of hydrogen-bond donors (Lipinski definition) is 2. The van der Waals surface area contributed by atoms with Gasteiger partial charge in [0, 0.05) is 17.6 Å². The molecular formula is C9H8BrFN4OS. The molecule has 3 N–H and O–H groups in total. The van der Waals surface area contributed by atoms with E-state index in [0.717, 1.165) is 11.5 Å². The maximum absolute atomic E-state index is 13.0. The number of nitrogens with one attached hydrogen (secondary N) is 1. The molecule has 0 amide bonds. The molecule has 0 atom stereocenters. The third-order valence-corrected chi connectivity index (χ3v) is 3.30. The number of nitrogens with two attached hydrogens (primary N) is 1. The van der Waals surface area contributed by atoms with Gasteiger partial charge >= 0.3 is 0 Å². The Morgan fingerprint density at radius 2 is 2.35 bits per heavy atom. The molecule has 2 aromatic rings. The molecule has 0 fully saturated rings. The van der Waals surface area contributed by atoms with Gasteiger partial charge in [-0.15, -0.1) is 5.10 Å². The van der Waals surface area contributed by atoms with Gasteiger partial charge in [-0.25, -0.2) is 10.2 Å². The zero-order chi connectivity index (χ0) is 12.3. The number of rotatable bonds is 4. The van der Waals surface area contributed by atoms with Gasteiger partial charge in [0.1, 0.15) is 23.9 Å². The minimum atomic E-state index is -0.364. The van der Waals surface area contributed by atoms with Crippen LogP contribution in [0.25, 0.3) is 0 Å². The zero-order valence-electron chi connectivity index (χ0n) is 8.48. The van der Waals surface area contributed by atoms with Crippen molar-refractivity contribution in [3.63, 3.8) is 0 Å². The Labute approximate surface area is 109 Å². The summed E-state index contributed by atoms with van der Waals surface area (Å²) in [5, 5.41) is 4.47. The summed E-state index contributed by atoms with van der Waals surface area (Å²) in [7, 11) is 0. The van der Waals surface area contributed by atoms with E-state index >= 15 is 0 Å². The van der Waals surface area contributed by atoms with Crippen LogP contribution in [0.2, 0.25) is 0 Å². The molecule has 5 nitrogen and oxygen atoms in total. The second-order valence-corrected chi connectivity index (χ2v) is 4.66. The van der Waals surface area contributed by atoms with E-state index in [0.29, 0.717) is 20.9 Å². The van der Waals surface area contributed by atoms with Gasteiger partial charge in [-0.2, -0.15) is 0 Å². The SMILES string of the molecule is NNc1snnc1COc1cc(F)ccc1Br. The normalized spacial score (nSPS) is 10.3. The van der Waals surface area contributed by atoms with Crippen molar-refractivity contribution < 1.29 is 9.13 Å². The number of hydrogen-bond acceptors (Lipinski definition) is 6. The highest BCUT2D eigenvalue weighted by Gasteiger charge is 2.09. The molecule has 17 heavy (non-hydrogen) atoms. The Morgan fingerprint density at radius 1 is 1.53 bits per heavy atom. The van der Waals surface area contributed by atoms with Crippen LogP contribution < -0.4 is 16.0 Å². The molecule has 0 aliphatic rings. The van der Waals surface area contributed by atoms with Crippen molar-refractivity contribution in [1.82, 2.24) is 9.59 Å². The predicted molar refractivity (Wildman–Crippen MR) is 66.2 cm³/mol. The highest BCUT2D eigenvalue weighted by Crippen LogP contribution is 2.27. The van der Waals surface area contributed by atoms with Crippen molar-refractivity contribution in [3.05, 3.63) is 34.2 Å². The summed E-state index contributed by atoms with van der Waals surface area (Å²) in [4.78, 5) is 0. The summed E-state index contributed by atoms with van der Waals surface area (Å²) < 4.78 is 22.8. The standard InChI is InChI=1S/C9H8BrFN4OS/c10-6-2-1-5(11)3-8(6)16-4-7-9(13-12)17-15-14-7/h1-3,13H,4,12H2. The van der Waals surface area contributed by atoms with Crippen LogP contribution in [-0.2, 0) is 6.61 Å². The maximum atomic E-state index is 13.0. The van der Waals surface area contributed by atoms with Crippen molar-refractivity contribution in [1.29, 1.82) is 0 Å². The Hall–Kier alpha value is -1.25. The molecular weight excluding hydrogens is 311 g/mol. The molecule has 0 spiro atoms. The van der Waals surface area contributed by atoms with E-state index in [1.165, 1.54) is 12.1 Å². The molecule has 0 aliphatic heterocycles. The lowest BCUT2D eigenvalue weighted by atomic mass is 10.3. The Bertz CT molecular complexity index is 521. The third kappa shape index (κ3) is 2.90. The fourth-order valence-corrected chi connectivity index (χ4v) is 1.99. The van der Waals surface area contributed by atoms with E-state index in [1.807, 2.05) is 0 Å². The van der Waals surface area contributed by atoms with Crippen molar-refractivity contribution in [3.8, 4) is 5.75 Å². The number of nitrogens with zero attached hydrogens (tertiary/aromatic N) is 2. The number of benzene rings is 1. The smallest absolute Gasteiger partial charge is 0.150 e. The van der Waals surface area contributed by atoms with Crippen LogP contribution in [0.3, 0.4) is 0 Å². The average Bonchev–Trinajstić information content (AvgIpc) is 2.77. The van der Waals surface area contributed by atoms with Crippen LogP contribution >= 0.6 is 27.5 Å². The molecule has 0 unspecified atom stereocenters. The van der Waals surface area contributed by atoms with E-state index in [4.69, 9.17) is 10.6 Å². The number of aromatic nitrogens is 2. The van der Waals surface area contributed by atoms with Gasteiger partial charge in [0.25, 0.3) is 0 Å². The molecule has 90 valence electrons. The van der Waals surface area contributed by atoms with Crippen LogP contribution in [0.15, 0.2) is 22.7 Å². The van der Waals surface area contributed by atoms with Gasteiger partial charge in [-0.3, -0.25) is 0 Å². The van der Waals surface area contributed by atoms with Crippen molar-refractivity contribution in [2.24, 2.45) is 5.84 Å². The second-order valence-electron chi connectivity index (χ2n) is 3.06. The average molecular weight is 319 g/mol. The number of anilines is 1. The van der Waals surface area contributed by atoms with Crippen molar-refractivity contribution >= 4 is 32.5 Å². The summed E-state index contributed by atoms with van der Waals surface area (Å²) in [5.41, 5.74) is 3.04. The van der Waals surface area contributed by atoms with Crippen LogP contribution in [0, 0.1) is 5.82 Å². The summed E-state index contributed by atoms with van der Waals surface area (Å²) in [5.74, 6) is 5.31. The summed E-state index contributed by atoms with van der Waals surface area (Å²) >= 11 is 4.39. The van der Waals surface area contributed by atoms with Gasteiger partial charge in [0.2, 0.25) is 0 Å². The number of hydrazine groups is 1. The molecule has 0 radical (unpaired) electrons. The molecule has 0 bridgehead atoms. The third-order valence-electron chi connectivity index (χ3n) is 1.94. The van der Waals surface area contributed by atoms with E-state index in [9.17, 15) is 4.39 Å². The summed E-state index contributed by atoms with van der Waals surface area (Å²) in [6.07, 6.45) is 0. The monoisotopic (exact) mass is 318 g/mol. The van der Waals surface area contributed by atoms with Crippen LogP contribution in [0.1, 0.15) is 5.69 Å². The Kier molecular flexibility index (Phi) is 3.87. The minimum Gasteiger partial charge on any atom is -0.486 e. The molecule has 0 aliphatic carbocycles. The predicted octanol–water partition coefficient (Wildman–Crippen LogP) is 2.30. The minimum absolute atomic E-state index is 0.165. The van der Waals surface area contributed by atoms with Gasteiger partial charge < -0.3 is 10.2 Å². The lowest BCUT2D eigenvalue weighted by Crippen LogP contribution is -2.08. The molecule has 0 saturated carbocycles. The number of nitrogen functional groups attached to an aromatic ring is 1. The first kappa shape index (κ1) is 12.2. The van der Waals surface area contributed by atoms with E-state index in [2.05, 4.69) is 30.9 Å². The topological polar surface area (TPSA) is 73.1 Å². The van der Waals surface area contributed by atoms with Gasteiger partial charge in [-0.05, 0) is 28.1 Å². The Balaban J connectivity index is 2.09. The van der Waals surface area contributed by atoms with Gasteiger partial charge in [-0.1, -0.05) is 4.49 Å². The van der Waals surface area contributed by atoms with Crippen LogP contribution in [0.4, 0.5) is 9.39 Å². The van der Waals surface area contributed by atoms with Crippen molar-refractivity contribution in [2.45, 2.75) is 6.61 Å².